The average molecular weight is 314 g/mol. The van der Waals surface area contributed by atoms with Crippen LogP contribution in [0.1, 0.15) is 32.6 Å². The van der Waals surface area contributed by atoms with Gasteiger partial charge in [0.1, 0.15) is 5.54 Å². The molecule has 1 aromatic rings. The average Bonchev–Trinajstić information content (AvgIpc) is 2.79. The molecule has 0 spiro atoms. The molecule has 118 valence electrons. The number of likely N-dealkylation sites (N-methyl/N-ethyl adjacent to an activating group) is 1. The second-order valence-electron chi connectivity index (χ2n) is 5.31. The minimum Gasteiger partial charge on any atom is -0.468 e. The molecule has 2 rings (SSSR count). The van der Waals surface area contributed by atoms with Gasteiger partial charge in [0, 0.05) is 12.3 Å². The van der Waals surface area contributed by atoms with Gasteiger partial charge in [-0.2, -0.15) is 0 Å². The van der Waals surface area contributed by atoms with E-state index >= 15 is 0 Å². The van der Waals surface area contributed by atoms with Crippen molar-refractivity contribution in [2.45, 2.75) is 48.6 Å². The van der Waals surface area contributed by atoms with Crippen molar-refractivity contribution >= 4 is 17.7 Å². The molecule has 1 saturated carbocycles. The molecule has 0 bridgehead atoms. The number of nitrogens with one attached hydrogen (secondary N) is 2. The standard InChI is InChI=1S/C13H22N4O3S/c1-4-14-13(10(18)20-3)7-5-6-9(8-13)21-12-16-15-11(19)17(12)2/h9,14H,4-8H2,1-3H3,(H,15,19). The molecule has 1 aromatic heterocycles. The molecule has 2 unspecified atom stereocenters. The van der Waals surface area contributed by atoms with E-state index in [1.54, 1.807) is 18.8 Å². The van der Waals surface area contributed by atoms with Gasteiger partial charge in [0.25, 0.3) is 0 Å². The van der Waals surface area contributed by atoms with E-state index < -0.39 is 5.54 Å². The van der Waals surface area contributed by atoms with Crippen LogP contribution >= 0.6 is 11.8 Å². The van der Waals surface area contributed by atoms with E-state index in [0.29, 0.717) is 18.1 Å². The summed E-state index contributed by atoms with van der Waals surface area (Å²) in [5.41, 5.74) is -0.839. The van der Waals surface area contributed by atoms with Gasteiger partial charge in [-0.15, -0.1) is 5.10 Å². The summed E-state index contributed by atoms with van der Waals surface area (Å²) < 4.78 is 6.48. The maximum atomic E-state index is 12.2. The minimum atomic E-state index is -0.616. The van der Waals surface area contributed by atoms with Gasteiger partial charge in [0.2, 0.25) is 0 Å². The van der Waals surface area contributed by atoms with Crippen molar-refractivity contribution in [3.63, 3.8) is 0 Å². The highest BCUT2D eigenvalue weighted by molar-refractivity contribution is 7.99. The first-order valence-electron chi connectivity index (χ1n) is 7.14. The zero-order valence-corrected chi connectivity index (χ0v) is 13.5. The van der Waals surface area contributed by atoms with Crippen LogP contribution in [-0.2, 0) is 16.6 Å². The quantitative estimate of drug-likeness (QED) is 0.776. The molecule has 0 amide bonds. The Bertz CT molecular complexity index is 552. The number of aromatic nitrogens is 3. The van der Waals surface area contributed by atoms with E-state index in [9.17, 15) is 9.59 Å². The number of hydrogen-bond acceptors (Lipinski definition) is 6. The summed E-state index contributed by atoms with van der Waals surface area (Å²) in [6.45, 7) is 2.70. The third kappa shape index (κ3) is 3.32. The summed E-state index contributed by atoms with van der Waals surface area (Å²) in [5, 5.41) is 10.6. The highest BCUT2D eigenvalue weighted by Crippen LogP contribution is 2.38. The molecule has 7 nitrogen and oxygen atoms in total. The van der Waals surface area contributed by atoms with Gasteiger partial charge in [-0.05, 0) is 32.2 Å². The molecule has 1 aliphatic rings. The molecule has 1 heterocycles. The fraction of sp³-hybridized carbons (Fsp3) is 0.769. The Morgan fingerprint density at radius 3 is 3.00 bits per heavy atom. The van der Waals surface area contributed by atoms with Crippen molar-refractivity contribution in [1.82, 2.24) is 20.1 Å². The van der Waals surface area contributed by atoms with Crippen LogP contribution in [-0.4, -0.2) is 45.2 Å². The maximum Gasteiger partial charge on any atom is 0.343 e. The minimum absolute atomic E-state index is 0.203. The number of nitrogens with zero attached hydrogens (tertiary/aromatic N) is 2. The fourth-order valence-corrected chi connectivity index (χ4v) is 4.15. The van der Waals surface area contributed by atoms with Gasteiger partial charge >= 0.3 is 11.7 Å². The maximum absolute atomic E-state index is 12.2. The summed E-state index contributed by atoms with van der Waals surface area (Å²) in [6.07, 6.45) is 3.40. The summed E-state index contributed by atoms with van der Waals surface area (Å²) in [7, 11) is 3.12. The number of rotatable bonds is 5. The summed E-state index contributed by atoms with van der Waals surface area (Å²) in [4.78, 5) is 23.6. The Kier molecular flexibility index (Phi) is 5.10. The van der Waals surface area contributed by atoms with Crippen LogP contribution < -0.4 is 11.0 Å². The molecule has 21 heavy (non-hydrogen) atoms. The largest absolute Gasteiger partial charge is 0.468 e. The lowest BCUT2D eigenvalue weighted by Gasteiger charge is -2.38. The van der Waals surface area contributed by atoms with Gasteiger partial charge in [0.05, 0.1) is 7.11 Å². The van der Waals surface area contributed by atoms with Crippen LogP contribution in [0.4, 0.5) is 0 Å². The predicted octanol–water partition coefficient (Wildman–Crippen LogP) is 0.664. The SMILES string of the molecule is CCNC1(C(=O)OC)CCCC(Sc2n[nH]c(=O)n2C)C1. The Morgan fingerprint density at radius 1 is 1.67 bits per heavy atom. The van der Waals surface area contributed by atoms with Crippen molar-refractivity contribution in [2.75, 3.05) is 13.7 Å². The number of thioether (sulfide) groups is 1. The first kappa shape index (κ1) is 16.1. The zero-order chi connectivity index (χ0) is 15.5. The van der Waals surface area contributed by atoms with Crippen molar-refractivity contribution in [2.24, 2.45) is 7.05 Å². The molecule has 2 N–H and O–H groups in total. The number of carbonyl (C=O) groups excluding carboxylic acids is 1. The topological polar surface area (TPSA) is 89.0 Å². The number of hydrogen-bond donors (Lipinski definition) is 2. The molecule has 0 radical (unpaired) electrons. The molecular weight excluding hydrogens is 292 g/mol. The van der Waals surface area contributed by atoms with Crippen molar-refractivity contribution in [1.29, 1.82) is 0 Å². The van der Waals surface area contributed by atoms with E-state index in [4.69, 9.17) is 4.74 Å². The molecule has 0 aromatic carbocycles. The molecule has 8 heteroatoms. The van der Waals surface area contributed by atoms with E-state index in [2.05, 4.69) is 15.5 Å². The fourth-order valence-electron chi connectivity index (χ4n) is 2.86. The molecule has 1 fully saturated rings. The van der Waals surface area contributed by atoms with Crippen LogP contribution in [0.15, 0.2) is 9.95 Å². The van der Waals surface area contributed by atoms with Crippen LogP contribution in [0.2, 0.25) is 0 Å². The third-order valence-corrected chi connectivity index (χ3v) is 5.22. The van der Waals surface area contributed by atoms with Crippen molar-refractivity contribution in [3.8, 4) is 0 Å². The lowest BCUT2D eigenvalue weighted by molar-refractivity contribution is -0.150. The number of esters is 1. The van der Waals surface area contributed by atoms with E-state index in [1.165, 1.54) is 11.7 Å². The predicted molar refractivity (Wildman–Crippen MR) is 80.4 cm³/mol. The van der Waals surface area contributed by atoms with E-state index in [0.717, 1.165) is 19.3 Å². The van der Waals surface area contributed by atoms with Gasteiger partial charge in [-0.1, -0.05) is 18.7 Å². The Labute approximate surface area is 127 Å². The number of aromatic amines is 1. The lowest BCUT2D eigenvalue weighted by atomic mass is 9.81. The van der Waals surface area contributed by atoms with Crippen LogP contribution in [0.25, 0.3) is 0 Å². The molecule has 0 saturated heterocycles. The van der Waals surface area contributed by atoms with Crippen LogP contribution in [0.5, 0.6) is 0 Å². The first-order valence-corrected chi connectivity index (χ1v) is 8.02. The third-order valence-electron chi connectivity index (χ3n) is 3.91. The van der Waals surface area contributed by atoms with Gasteiger partial charge in [-0.3, -0.25) is 9.36 Å². The van der Waals surface area contributed by atoms with E-state index in [1.807, 2.05) is 6.92 Å². The Balaban J connectivity index is 2.13. The number of carbonyl (C=O) groups is 1. The first-order chi connectivity index (χ1) is 10.0. The summed E-state index contributed by atoms with van der Waals surface area (Å²) in [6, 6.07) is 0. The highest BCUT2D eigenvalue weighted by atomic mass is 32.2. The number of ether oxygens (including phenoxy) is 1. The molecule has 2 atom stereocenters. The van der Waals surface area contributed by atoms with E-state index in [-0.39, 0.29) is 16.9 Å². The molecule has 1 aliphatic carbocycles. The Morgan fingerprint density at radius 2 is 2.43 bits per heavy atom. The highest BCUT2D eigenvalue weighted by Gasteiger charge is 2.43. The summed E-state index contributed by atoms with van der Waals surface area (Å²) >= 11 is 1.54. The van der Waals surface area contributed by atoms with Crippen LogP contribution in [0, 0.1) is 0 Å². The molecule has 0 aliphatic heterocycles. The normalized spacial score (nSPS) is 25.8. The summed E-state index contributed by atoms with van der Waals surface area (Å²) in [5.74, 6) is -0.203. The van der Waals surface area contributed by atoms with Crippen LogP contribution in [0.3, 0.4) is 0 Å². The van der Waals surface area contributed by atoms with Crippen molar-refractivity contribution in [3.05, 3.63) is 10.5 Å². The van der Waals surface area contributed by atoms with Gasteiger partial charge in [0.15, 0.2) is 5.16 Å². The number of H-pyrrole nitrogens is 1. The zero-order valence-electron chi connectivity index (χ0n) is 12.6. The van der Waals surface area contributed by atoms with Gasteiger partial charge < -0.3 is 10.1 Å². The Hall–Kier alpha value is -1.28. The number of methoxy groups -OCH3 is 1. The molecular formula is C13H22N4O3S. The monoisotopic (exact) mass is 314 g/mol. The van der Waals surface area contributed by atoms with Gasteiger partial charge in [-0.25, -0.2) is 9.89 Å². The van der Waals surface area contributed by atoms with Crippen molar-refractivity contribution < 1.29 is 9.53 Å². The second kappa shape index (κ2) is 6.65. The smallest absolute Gasteiger partial charge is 0.343 e. The second-order valence-corrected chi connectivity index (χ2v) is 6.58. The lowest BCUT2D eigenvalue weighted by Crippen LogP contribution is -2.56.